The van der Waals surface area contributed by atoms with Crippen LogP contribution in [0.25, 0.3) is 0 Å². The highest BCUT2D eigenvalue weighted by Gasteiger charge is 2.67. The summed E-state index contributed by atoms with van der Waals surface area (Å²) in [6, 6.07) is -1.47. The third-order valence-electron chi connectivity index (χ3n) is 9.19. The van der Waals surface area contributed by atoms with Crippen molar-refractivity contribution < 1.29 is 28.7 Å². The average Bonchev–Trinajstić information content (AvgIpc) is 3.59. The van der Waals surface area contributed by atoms with Crippen LogP contribution in [0.15, 0.2) is 11.7 Å². The van der Waals surface area contributed by atoms with Crippen molar-refractivity contribution in [1.29, 1.82) is 0 Å². The van der Waals surface area contributed by atoms with Crippen molar-refractivity contribution >= 4 is 35.1 Å². The van der Waals surface area contributed by atoms with Gasteiger partial charge in [-0.05, 0) is 32.6 Å². The predicted molar refractivity (Wildman–Crippen MR) is 137 cm³/mol. The molecule has 5 heterocycles. The van der Waals surface area contributed by atoms with Crippen LogP contribution in [0.3, 0.4) is 0 Å². The largest absolute Gasteiger partial charge is 0.378 e. The van der Waals surface area contributed by atoms with Gasteiger partial charge in [-0.15, -0.1) is 11.3 Å². The molecule has 0 radical (unpaired) electrons. The number of amides is 5. The molecule has 5 aliphatic rings. The first-order valence-electron chi connectivity index (χ1n) is 13.1. The first-order valence-corrected chi connectivity index (χ1v) is 14.0. The summed E-state index contributed by atoms with van der Waals surface area (Å²) < 4.78 is 12.3. The number of likely N-dealkylation sites (tertiary alicyclic amines) is 2. The van der Waals surface area contributed by atoms with Crippen molar-refractivity contribution in [3.8, 4) is 0 Å². The van der Waals surface area contributed by atoms with Crippen LogP contribution < -0.4 is 16.8 Å². The lowest BCUT2D eigenvalue weighted by Crippen LogP contribution is -2.76. The summed E-state index contributed by atoms with van der Waals surface area (Å²) in [5.74, 6) is -2.78. The Labute approximate surface area is 225 Å². The van der Waals surface area contributed by atoms with Gasteiger partial charge in [0.2, 0.25) is 11.8 Å². The van der Waals surface area contributed by atoms with Crippen molar-refractivity contribution in [3.05, 3.63) is 16.6 Å². The Hall–Kier alpha value is -2.77. The SMILES string of the molecule is CNC(=O)[C@@H](C1N(C(N)=O)CC12CN(C(=O)c1cncs1)CC2C(N)=O)[C@@H](C)OCC12CCC(CC1)OC2. The summed E-state index contributed by atoms with van der Waals surface area (Å²) in [4.78, 5) is 59.2. The molecule has 38 heavy (non-hydrogen) atoms. The maximum atomic E-state index is 13.4. The van der Waals surface area contributed by atoms with E-state index in [-0.39, 0.29) is 36.9 Å². The molecule has 1 aliphatic carbocycles. The maximum absolute atomic E-state index is 13.4. The lowest BCUT2D eigenvalue weighted by molar-refractivity contribution is -0.174. The molecule has 5 atom stereocenters. The van der Waals surface area contributed by atoms with Gasteiger partial charge in [0.05, 0.1) is 55.0 Å². The van der Waals surface area contributed by atoms with E-state index in [4.69, 9.17) is 20.9 Å². The number of fused-ring (bicyclic) bond motifs is 3. The van der Waals surface area contributed by atoms with E-state index in [1.165, 1.54) is 29.5 Å². The molecule has 6 rings (SSSR count). The fourth-order valence-electron chi connectivity index (χ4n) is 7.06. The Balaban J connectivity index is 1.43. The Kier molecular flexibility index (Phi) is 7.12. The molecule has 5 amide bonds. The topological polar surface area (TPSA) is 170 Å². The Morgan fingerprint density at radius 3 is 2.55 bits per heavy atom. The van der Waals surface area contributed by atoms with Crippen LogP contribution in [0, 0.1) is 22.7 Å². The van der Waals surface area contributed by atoms with E-state index in [9.17, 15) is 19.2 Å². The first-order chi connectivity index (χ1) is 18.1. The summed E-state index contributed by atoms with van der Waals surface area (Å²) in [7, 11) is 1.52. The molecule has 0 aromatic carbocycles. The monoisotopic (exact) mass is 548 g/mol. The number of nitrogens with two attached hydrogens (primary N) is 2. The predicted octanol–water partition coefficient (Wildman–Crippen LogP) is 0.176. The number of rotatable bonds is 8. The van der Waals surface area contributed by atoms with Crippen molar-refractivity contribution in [2.24, 2.45) is 34.1 Å². The number of nitrogens with one attached hydrogen (secondary N) is 1. The third kappa shape index (κ3) is 4.43. The van der Waals surface area contributed by atoms with E-state index in [1.807, 2.05) is 6.92 Å². The smallest absolute Gasteiger partial charge is 0.315 e. The minimum atomic E-state index is -0.930. The van der Waals surface area contributed by atoms with E-state index in [0.717, 1.165) is 25.7 Å². The fraction of sp³-hybridized carbons (Fsp3) is 0.720. The van der Waals surface area contributed by atoms with Crippen LogP contribution >= 0.6 is 11.3 Å². The first kappa shape index (κ1) is 26.8. The normalized spacial score (nSPS) is 33.6. The summed E-state index contributed by atoms with van der Waals surface area (Å²) in [6.07, 6.45) is 5.23. The van der Waals surface area contributed by atoms with E-state index in [2.05, 4.69) is 10.3 Å². The van der Waals surface area contributed by atoms with Gasteiger partial charge in [0.15, 0.2) is 0 Å². The minimum Gasteiger partial charge on any atom is -0.378 e. The van der Waals surface area contributed by atoms with E-state index >= 15 is 0 Å². The number of hydrogen-bond acceptors (Lipinski definition) is 8. The zero-order chi connectivity index (χ0) is 27.2. The molecule has 5 fully saturated rings. The molecule has 1 saturated carbocycles. The molecule has 13 heteroatoms. The standard InChI is InChI=1S/C25H36N6O6S/c1-14(36-11-24-5-3-15(4-6-24)37-12-24)18(21(33)28-2)19-25(10-31(19)23(27)35)9-30(8-16(25)20(26)32)22(34)17-7-29-13-38-17/h7,13-16,18-19H,3-6,8-12H2,1-2H3,(H2,26,32)(H2,27,35)(H,28,33)/t14-,15?,16?,18-,19?,24?,25?/m1/s1. The Morgan fingerprint density at radius 1 is 1.26 bits per heavy atom. The number of urea groups is 1. The van der Waals surface area contributed by atoms with E-state index < -0.39 is 41.3 Å². The summed E-state index contributed by atoms with van der Waals surface area (Å²) in [5.41, 5.74) is 12.2. The van der Waals surface area contributed by atoms with Gasteiger partial charge in [-0.3, -0.25) is 19.4 Å². The van der Waals surface area contributed by atoms with Crippen molar-refractivity contribution in [1.82, 2.24) is 20.1 Å². The Morgan fingerprint density at radius 2 is 2.00 bits per heavy atom. The lowest BCUT2D eigenvalue weighted by Gasteiger charge is -2.59. The van der Waals surface area contributed by atoms with Gasteiger partial charge in [-0.25, -0.2) is 4.79 Å². The number of thiazole rings is 1. The van der Waals surface area contributed by atoms with Crippen LogP contribution in [0.1, 0.15) is 42.3 Å². The Bertz CT molecular complexity index is 1080. The molecule has 3 unspecified atom stereocenters. The molecule has 1 spiro atoms. The second-order valence-corrected chi connectivity index (χ2v) is 12.2. The summed E-state index contributed by atoms with van der Waals surface area (Å²) >= 11 is 1.21. The highest BCUT2D eigenvalue weighted by atomic mass is 32.1. The van der Waals surface area contributed by atoms with E-state index in [1.54, 1.807) is 10.4 Å². The molecule has 2 bridgehead atoms. The minimum absolute atomic E-state index is 0.0853. The van der Waals surface area contributed by atoms with Gasteiger partial charge in [-0.2, -0.15) is 0 Å². The molecule has 4 aliphatic heterocycles. The number of carbonyl (C=O) groups is 4. The average molecular weight is 549 g/mol. The second-order valence-electron chi connectivity index (χ2n) is 11.3. The van der Waals surface area contributed by atoms with Crippen molar-refractivity contribution in [3.63, 3.8) is 0 Å². The second kappa shape index (κ2) is 10.1. The number of hydrogen-bond donors (Lipinski definition) is 3. The molecular formula is C25H36N6O6S. The van der Waals surface area contributed by atoms with Crippen LogP contribution in [-0.4, -0.2) is 96.7 Å². The molecular weight excluding hydrogens is 512 g/mol. The number of primary amides is 2. The number of nitrogens with zero attached hydrogens (tertiary/aromatic N) is 3. The quantitative estimate of drug-likeness (QED) is 0.416. The highest BCUT2D eigenvalue weighted by Crippen LogP contribution is 2.53. The molecule has 5 N–H and O–H groups in total. The molecule has 12 nitrogen and oxygen atoms in total. The molecule has 4 saturated heterocycles. The van der Waals surface area contributed by atoms with Crippen molar-refractivity contribution in [2.75, 3.05) is 39.9 Å². The van der Waals surface area contributed by atoms with Crippen LogP contribution in [0.4, 0.5) is 4.79 Å². The summed E-state index contributed by atoms with van der Waals surface area (Å²) in [6.45, 7) is 3.24. The van der Waals surface area contributed by atoms with Gasteiger partial charge in [-0.1, -0.05) is 0 Å². The molecule has 208 valence electrons. The lowest BCUT2D eigenvalue weighted by atomic mass is 9.59. The van der Waals surface area contributed by atoms with Gasteiger partial charge in [0.25, 0.3) is 5.91 Å². The van der Waals surface area contributed by atoms with Gasteiger partial charge in [0.1, 0.15) is 4.88 Å². The van der Waals surface area contributed by atoms with Crippen LogP contribution in [0.2, 0.25) is 0 Å². The van der Waals surface area contributed by atoms with Crippen LogP contribution in [0.5, 0.6) is 0 Å². The molecule has 1 aromatic rings. The summed E-state index contributed by atoms with van der Waals surface area (Å²) in [5, 5.41) is 2.70. The highest BCUT2D eigenvalue weighted by molar-refractivity contribution is 7.11. The molecule has 1 aromatic heterocycles. The third-order valence-corrected chi connectivity index (χ3v) is 9.96. The fourth-order valence-corrected chi connectivity index (χ4v) is 7.64. The van der Waals surface area contributed by atoms with E-state index in [0.29, 0.717) is 24.2 Å². The number of carbonyl (C=O) groups excluding carboxylic acids is 4. The van der Waals surface area contributed by atoms with Gasteiger partial charge >= 0.3 is 6.03 Å². The van der Waals surface area contributed by atoms with Gasteiger partial charge in [0, 0.05) is 37.5 Å². The number of aromatic nitrogens is 1. The van der Waals surface area contributed by atoms with Crippen molar-refractivity contribution in [2.45, 2.75) is 50.9 Å². The van der Waals surface area contributed by atoms with Gasteiger partial charge < -0.3 is 36.1 Å². The maximum Gasteiger partial charge on any atom is 0.315 e. The van der Waals surface area contributed by atoms with Crippen LogP contribution in [-0.2, 0) is 19.1 Å². The zero-order valence-corrected chi connectivity index (χ0v) is 22.6. The number of ether oxygens (including phenoxy) is 2. The zero-order valence-electron chi connectivity index (χ0n) is 21.8.